The molecule has 1 atom stereocenters. The van der Waals surface area contributed by atoms with Crippen LogP contribution in [0.3, 0.4) is 0 Å². The number of aliphatic hydroxyl groups excluding tert-OH is 1. The second-order valence-electron chi connectivity index (χ2n) is 2.66. The smallest absolute Gasteiger partial charge is 0.382 e. The van der Waals surface area contributed by atoms with Crippen molar-refractivity contribution in [2.45, 2.75) is 12.3 Å². The predicted molar refractivity (Wildman–Crippen MR) is 47.6 cm³/mol. The molecule has 0 aliphatic heterocycles. The minimum absolute atomic E-state index is 0.106. The zero-order valence-corrected chi connectivity index (χ0v) is 8.05. The summed E-state index contributed by atoms with van der Waals surface area (Å²) in [5.41, 5.74) is 0. The lowest BCUT2D eigenvalue weighted by Crippen LogP contribution is -2.35. The first-order valence-corrected chi connectivity index (χ1v) is 4.23. The van der Waals surface area contributed by atoms with Gasteiger partial charge in [0.05, 0.1) is 6.54 Å². The second-order valence-corrected chi connectivity index (χ2v) is 3.05. The van der Waals surface area contributed by atoms with Crippen molar-refractivity contribution in [3.8, 4) is 0 Å². The molecule has 1 aromatic rings. The summed E-state index contributed by atoms with van der Waals surface area (Å²) in [7, 11) is 0. The van der Waals surface area contributed by atoms with E-state index in [9.17, 15) is 13.2 Å². The number of nitrogens with zero attached hydrogens (tertiary/aromatic N) is 2. The Hall–Kier alpha value is -1.08. The van der Waals surface area contributed by atoms with Gasteiger partial charge in [-0.1, -0.05) is 11.6 Å². The fourth-order valence-corrected chi connectivity index (χ4v) is 0.894. The van der Waals surface area contributed by atoms with E-state index in [1.54, 1.807) is 0 Å². The van der Waals surface area contributed by atoms with E-state index in [2.05, 4.69) is 15.3 Å². The third-order valence-corrected chi connectivity index (χ3v) is 1.69. The molecule has 0 spiro atoms. The monoisotopic (exact) mass is 241 g/mol. The van der Waals surface area contributed by atoms with Gasteiger partial charge in [-0.25, -0.2) is 9.97 Å². The molecule has 84 valence electrons. The minimum atomic E-state index is -4.65. The van der Waals surface area contributed by atoms with Crippen molar-refractivity contribution >= 4 is 17.4 Å². The lowest BCUT2D eigenvalue weighted by molar-refractivity contribution is -0.198. The largest absolute Gasteiger partial charge is 0.416 e. The maximum atomic E-state index is 11.9. The molecule has 0 fully saturated rings. The zero-order chi connectivity index (χ0) is 11.5. The van der Waals surface area contributed by atoms with Crippen molar-refractivity contribution in [3.63, 3.8) is 0 Å². The zero-order valence-electron chi connectivity index (χ0n) is 7.29. The second kappa shape index (κ2) is 4.63. The fraction of sp³-hybridized carbons (Fsp3) is 0.429. The summed E-state index contributed by atoms with van der Waals surface area (Å²) in [6.45, 7) is -0.684. The molecule has 4 nitrogen and oxygen atoms in total. The molecule has 0 saturated heterocycles. The average molecular weight is 242 g/mol. The van der Waals surface area contributed by atoms with Crippen LogP contribution < -0.4 is 5.32 Å². The van der Waals surface area contributed by atoms with Gasteiger partial charge in [0.15, 0.2) is 6.10 Å². The van der Waals surface area contributed by atoms with Crippen LogP contribution in [0.2, 0.25) is 5.15 Å². The molecule has 15 heavy (non-hydrogen) atoms. The number of aliphatic hydroxyl groups is 1. The number of rotatable bonds is 3. The summed E-state index contributed by atoms with van der Waals surface area (Å²) in [5.74, 6) is 0.123. The molecule has 0 amide bonds. The maximum absolute atomic E-state index is 11.9. The molecule has 0 aliphatic rings. The predicted octanol–water partition coefficient (Wildman–Crippen LogP) is 1.47. The van der Waals surface area contributed by atoms with E-state index < -0.39 is 18.8 Å². The van der Waals surface area contributed by atoms with Gasteiger partial charge in [-0.05, 0) is 0 Å². The van der Waals surface area contributed by atoms with Crippen molar-refractivity contribution in [1.29, 1.82) is 0 Å². The molecule has 0 radical (unpaired) electrons. The van der Waals surface area contributed by atoms with Crippen molar-refractivity contribution in [1.82, 2.24) is 9.97 Å². The van der Waals surface area contributed by atoms with Crippen LogP contribution in [0.5, 0.6) is 0 Å². The molecule has 0 saturated carbocycles. The Balaban J connectivity index is 2.51. The standard InChI is InChI=1S/C7H7ClF3N3O/c8-5-1-6(14-3-13-5)12-2-4(15)7(9,10)11/h1,3-4,15H,2H2,(H,12,13,14). The maximum Gasteiger partial charge on any atom is 0.416 e. The molecule has 2 N–H and O–H groups in total. The normalized spacial score (nSPS) is 13.7. The molecule has 1 unspecified atom stereocenters. The first kappa shape index (κ1) is 12.0. The van der Waals surface area contributed by atoms with Crippen LogP contribution >= 0.6 is 11.6 Å². The van der Waals surface area contributed by atoms with Crippen LogP contribution in [0.4, 0.5) is 19.0 Å². The first-order chi connectivity index (χ1) is 6.89. The van der Waals surface area contributed by atoms with Gasteiger partial charge in [-0.15, -0.1) is 0 Å². The third-order valence-electron chi connectivity index (χ3n) is 1.49. The topological polar surface area (TPSA) is 58.0 Å². The Morgan fingerprint density at radius 3 is 2.67 bits per heavy atom. The van der Waals surface area contributed by atoms with E-state index in [0.29, 0.717) is 0 Å². The van der Waals surface area contributed by atoms with E-state index in [-0.39, 0.29) is 11.0 Å². The number of nitrogens with one attached hydrogen (secondary N) is 1. The lowest BCUT2D eigenvalue weighted by Gasteiger charge is -2.15. The van der Waals surface area contributed by atoms with E-state index in [1.807, 2.05) is 0 Å². The van der Waals surface area contributed by atoms with Crippen LogP contribution in [-0.4, -0.2) is 33.9 Å². The lowest BCUT2D eigenvalue weighted by atomic mass is 10.3. The van der Waals surface area contributed by atoms with Crippen LogP contribution in [-0.2, 0) is 0 Å². The van der Waals surface area contributed by atoms with Crippen LogP contribution in [0.25, 0.3) is 0 Å². The van der Waals surface area contributed by atoms with Gasteiger partial charge in [-0.2, -0.15) is 13.2 Å². The number of hydrogen-bond donors (Lipinski definition) is 2. The molecule has 1 rings (SSSR count). The van der Waals surface area contributed by atoms with Gasteiger partial charge in [0.25, 0.3) is 0 Å². The van der Waals surface area contributed by atoms with Crippen molar-refractivity contribution in [2.24, 2.45) is 0 Å². The number of alkyl halides is 3. The molecule has 0 bridgehead atoms. The van der Waals surface area contributed by atoms with Gasteiger partial charge in [0.2, 0.25) is 0 Å². The van der Waals surface area contributed by atoms with E-state index >= 15 is 0 Å². The summed E-state index contributed by atoms with van der Waals surface area (Å²) in [4.78, 5) is 7.15. The molecule has 1 aromatic heterocycles. The van der Waals surface area contributed by atoms with Gasteiger partial charge >= 0.3 is 6.18 Å². The molecule has 0 aliphatic carbocycles. The van der Waals surface area contributed by atoms with Gasteiger partial charge in [0.1, 0.15) is 17.3 Å². The summed E-state index contributed by atoms with van der Waals surface area (Å²) in [5, 5.41) is 11.0. The molecular weight excluding hydrogens is 235 g/mol. The molecule has 8 heteroatoms. The fourth-order valence-electron chi connectivity index (χ4n) is 0.747. The average Bonchev–Trinajstić information content (AvgIpc) is 2.12. The van der Waals surface area contributed by atoms with E-state index in [0.717, 1.165) is 6.33 Å². The summed E-state index contributed by atoms with van der Waals surface area (Å²) in [6.07, 6.45) is -5.99. The Kier molecular flexibility index (Phi) is 3.70. The van der Waals surface area contributed by atoms with E-state index in [1.165, 1.54) is 6.07 Å². The highest BCUT2D eigenvalue weighted by atomic mass is 35.5. The van der Waals surface area contributed by atoms with Gasteiger partial charge in [0, 0.05) is 6.07 Å². The molecular formula is C7H7ClF3N3O. The summed E-state index contributed by atoms with van der Waals surface area (Å²) >= 11 is 5.47. The quantitative estimate of drug-likeness (QED) is 0.787. The van der Waals surface area contributed by atoms with Crippen LogP contribution in [0.1, 0.15) is 0 Å². The van der Waals surface area contributed by atoms with Crippen molar-refractivity contribution < 1.29 is 18.3 Å². The number of hydrogen-bond acceptors (Lipinski definition) is 4. The third kappa shape index (κ3) is 3.88. The molecule has 0 aromatic carbocycles. The first-order valence-electron chi connectivity index (χ1n) is 3.86. The number of anilines is 1. The van der Waals surface area contributed by atoms with Crippen molar-refractivity contribution in [3.05, 3.63) is 17.5 Å². The summed E-state index contributed by atoms with van der Waals surface area (Å²) < 4.78 is 35.6. The number of halogens is 4. The van der Waals surface area contributed by atoms with Crippen molar-refractivity contribution in [2.75, 3.05) is 11.9 Å². The summed E-state index contributed by atoms with van der Waals surface area (Å²) in [6, 6.07) is 1.25. The Bertz CT molecular complexity index is 334. The van der Waals surface area contributed by atoms with E-state index in [4.69, 9.17) is 16.7 Å². The minimum Gasteiger partial charge on any atom is -0.382 e. The van der Waals surface area contributed by atoms with Gasteiger partial charge < -0.3 is 10.4 Å². The number of aromatic nitrogens is 2. The van der Waals surface area contributed by atoms with Crippen LogP contribution in [0, 0.1) is 0 Å². The van der Waals surface area contributed by atoms with Gasteiger partial charge in [-0.3, -0.25) is 0 Å². The SMILES string of the molecule is OC(CNc1cc(Cl)ncn1)C(F)(F)F. The Morgan fingerprint density at radius 1 is 1.47 bits per heavy atom. The Morgan fingerprint density at radius 2 is 2.13 bits per heavy atom. The highest BCUT2D eigenvalue weighted by Crippen LogP contribution is 2.20. The highest BCUT2D eigenvalue weighted by molar-refractivity contribution is 6.29. The Labute approximate surface area is 88.1 Å². The molecule has 1 heterocycles. The highest BCUT2D eigenvalue weighted by Gasteiger charge is 2.37. The van der Waals surface area contributed by atoms with Crippen LogP contribution in [0.15, 0.2) is 12.4 Å².